The predicted octanol–water partition coefficient (Wildman–Crippen LogP) is 2.78. The second-order valence-electron chi connectivity index (χ2n) is 5.52. The van der Waals surface area contributed by atoms with Crippen LogP contribution in [0.15, 0.2) is 54.6 Å². The summed E-state index contributed by atoms with van der Waals surface area (Å²) in [7, 11) is 1.30. The number of para-hydroxylation sites is 1. The van der Waals surface area contributed by atoms with Gasteiger partial charge in [-0.1, -0.05) is 18.2 Å². The number of hydrogen-bond donors (Lipinski definition) is 2. The predicted molar refractivity (Wildman–Crippen MR) is 96.3 cm³/mol. The summed E-state index contributed by atoms with van der Waals surface area (Å²) in [5.41, 5.74) is 8.53. The summed E-state index contributed by atoms with van der Waals surface area (Å²) in [6.07, 6.45) is 0.0931. The minimum absolute atomic E-state index is 0.0931. The highest BCUT2D eigenvalue weighted by atomic mass is 16.5. The molecule has 3 aromatic rings. The van der Waals surface area contributed by atoms with E-state index in [4.69, 9.17) is 10.5 Å². The Morgan fingerprint density at radius 3 is 2.72 bits per heavy atom. The van der Waals surface area contributed by atoms with Crippen molar-refractivity contribution in [1.29, 1.82) is 0 Å². The first-order valence-electron chi connectivity index (χ1n) is 7.69. The maximum absolute atomic E-state index is 12.3. The van der Waals surface area contributed by atoms with Crippen molar-refractivity contribution in [3.63, 3.8) is 0 Å². The minimum atomic E-state index is -0.502. The van der Waals surface area contributed by atoms with Gasteiger partial charge in [0.25, 0.3) is 0 Å². The highest BCUT2D eigenvalue weighted by Crippen LogP contribution is 2.18. The van der Waals surface area contributed by atoms with Gasteiger partial charge >= 0.3 is 5.97 Å². The number of carbonyl (C=O) groups is 2. The number of carbonyl (C=O) groups excluding carboxylic acids is 2. The zero-order valence-electron chi connectivity index (χ0n) is 13.7. The molecule has 3 N–H and O–H groups in total. The number of esters is 1. The molecule has 0 aliphatic heterocycles. The van der Waals surface area contributed by atoms with Crippen molar-refractivity contribution in [2.24, 2.45) is 0 Å². The van der Waals surface area contributed by atoms with E-state index in [0.29, 0.717) is 22.6 Å². The van der Waals surface area contributed by atoms with E-state index < -0.39 is 5.97 Å². The summed E-state index contributed by atoms with van der Waals surface area (Å²) in [6, 6.07) is 15.8. The lowest BCUT2D eigenvalue weighted by Gasteiger charge is -2.09. The number of pyridine rings is 1. The van der Waals surface area contributed by atoms with Crippen LogP contribution in [-0.4, -0.2) is 24.0 Å². The second kappa shape index (κ2) is 7.00. The molecule has 0 unspecified atom stereocenters. The molecule has 0 atom stereocenters. The summed E-state index contributed by atoms with van der Waals surface area (Å²) in [5, 5.41) is 3.65. The number of methoxy groups -OCH3 is 1. The molecule has 1 heterocycles. The van der Waals surface area contributed by atoms with Gasteiger partial charge in [0.2, 0.25) is 5.91 Å². The van der Waals surface area contributed by atoms with E-state index in [1.807, 2.05) is 18.2 Å². The molecule has 6 heteroatoms. The fourth-order valence-corrected chi connectivity index (χ4v) is 2.52. The number of amides is 1. The molecule has 6 nitrogen and oxygen atoms in total. The zero-order valence-corrected chi connectivity index (χ0v) is 13.7. The standard InChI is InChI=1S/C19H17N3O3/c1-25-19(24)15-4-2-3-5-17(15)22-18(23)11-14-8-6-12-10-13(20)7-9-16(12)21-14/h2-10H,11,20H2,1H3,(H,22,23). The van der Waals surface area contributed by atoms with Crippen LogP contribution in [0.25, 0.3) is 10.9 Å². The third-order valence-electron chi connectivity index (χ3n) is 3.72. The molecule has 0 aliphatic carbocycles. The summed E-state index contributed by atoms with van der Waals surface area (Å²) in [5.74, 6) is -0.768. The molecule has 0 aliphatic rings. The van der Waals surface area contributed by atoms with Crippen molar-refractivity contribution >= 4 is 34.2 Å². The highest BCUT2D eigenvalue weighted by molar-refractivity contribution is 6.01. The molecule has 0 saturated carbocycles. The molecule has 1 amide bonds. The quantitative estimate of drug-likeness (QED) is 0.565. The van der Waals surface area contributed by atoms with E-state index in [9.17, 15) is 9.59 Å². The number of nitrogens with zero attached hydrogens (tertiary/aromatic N) is 1. The summed E-state index contributed by atoms with van der Waals surface area (Å²) in [6.45, 7) is 0. The molecule has 0 fully saturated rings. The van der Waals surface area contributed by atoms with Crippen molar-refractivity contribution in [3.05, 3.63) is 65.9 Å². The summed E-state index contributed by atoms with van der Waals surface area (Å²) >= 11 is 0. The van der Waals surface area contributed by atoms with Gasteiger partial charge in [0.05, 0.1) is 36.0 Å². The fraction of sp³-hybridized carbons (Fsp3) is 0.105. The maximum atomic E-state index is 12.3. The third-order valence-corrected chi connectivity index (χ3v) is 3.72. The van der Waals surface area contributed by atoms with Crippen LogP contribution < -0.4 is 11.1 Å². The van der Waals surface area contributed by atoms with E-state index in [2.05, 4.69) is 10.3 Å². The van der Waals surface area contributed by atoms with Crippen LogP contribution in [0.3, 0.4) is 0 Å². The van der Waals surface area contributed by atoms with Crippen molar-refractivity contribution < 1.29 is 14.3 Å². The average molecular weight is 335 g/mol. The van der Waals surface area contributed by atoms with Gasteiger partial charge in [0, 0.05) is 11.1 Å². The Balaban J connectivity index is 1.77. The average Bonchev–Trinajstić information content (AvgIpc) is 2.61. The van der Waals surface area contributed by atoms with Crippen LogP contribution >= 0.6 is 0 Å². The Bertz CT molecular complexity index is 954. The molecular formula is C19H17N3O3. The van der Waals surface area contributed by atoms with Crippen molar-refractivity contribution in [2.45, 2.75) is 6.42 Å². The van der Waals surface area contributed by atoms with Crippen LogP contribution in [0, 0.1) is 0 Å². The first-order chi connectivity index (χ1) is 12.1. The van der Waals surface area contributed by atoms with E-state index in [1.54, 1.807) is 36.4 Å². The van der Waals surface area contributed by atoms with Gasteiger partial charge in [0.15, 0.2) is 0 Å². The number of ether oxygens (including phenoxy) is 1. The van der Waals surface area contributed by atoms with Crippen LogP contribution in [0.1, 0.15) is 16.1 Å². The first kappa shape index (κ1) is 16.4. The third kappa shape index (κ3) is 3.74. The molecule has 0 radical (unpaired) electrons. The monoisotopic (exact) mass is 335 g/mol. The summed E-state index contributed by atoms with van der Waals surface area (Å²) < 4.78 is 4.72. The molecular weight excluding hydrogens is 318 g/mol. The Hall–Kier alpha value is -3.41. The maximum Gasteiger partial charge on any atom is 0.339 e. The Labute approximate surface area is 144 Å². The van der Waals surface area contributed by atoms with Crippen LogP contribution in [0.5, 0.6) is 0 Å². The van der Waals surface area contributed by atoms with Crippen LogP contribution in [0.4, 0.5) is 11.4 Å². The molecule has 3 rings (SSSR count). The van der Waals surface area contributed by atoms with E-state index >= 15 is 0 Å². The number of rotatable bonds is 4. The van der Waals surface area contributed by atoms with E-state index in [0.717, 1.165) is 10.9 Å². The molecule has 25 heavy (non-hydrogen) atoms. The molecule has 126 valence electrons. The van der Waals surface area contributed by atoms with Crippen molar-refractivity contribution in [1.82, 2.24) is 4.98 Å². The number of nitrogens with one attached hydrogen (secondary N) is 1. The van der Waals surface area contributed by atoms with Gasteiger partial charge in [-0.25, -0.2) is 4.79 Å². The Morgan fingerprint density at radius 1 is 1.12 bits per heavy atom. The molecule has 0 spiro atoms. The highest BCUT2D eigenvalue weighted by Gasteiger charge is 2.14. The normalized spacial score (nSPS) is 10.4. The molecule has 1 aromatic heterocycles. The number of nitrogen functional groups attached to an aromatic ring is 1. The van der Waals surface area contributed by atoms with Gasteiger partial charge in [-0.2, -0.15) is 0 Å². The van der Waals surface area contributed by atoms with E-state index in [-0.39, 0.29) is 12.3 Å². The first-order valence-corrected chi connectivity index (χ1v) is 7.69. The number of benzene rings is 2. The number of fused-ring (bicyclic) bond motifs is 1. The molecule has 2 aromatic carbocycles. The van der Waals surface area contributed by atoms with Gasteiger partial charge in [-0.3, -0.25) is 9.78 Å². The van der Waals surface area contributed by atoms with Gasteiger partial charge in [-0.05, 0) is 36.4 Å². The lowest BCUT2D eigenvalue weighted by atomic mass is 10.1. The lowest BCUT2D eigenvalue weighted by Crippen LogP contribution is -2.17. The smallest absolute Gasteiger partial charge is 0.339 e. The number of aromatic nitrogens is 1. The topological polar surface area (TPSA) is 94.3 Å². The van der Waals surface area contributed by atoms with Crippen molar-refractivity contribution in [2.75, 3.05) is 18.2 Å². The summed E-state index contributed by atoms with van der Waals surface area (Å²) in [4.78, 5) is 28.5. The lowest BCUT2D eigenvalue weighted by molar-refractivity contribution is -0.115. The SMILES string of the molecule is COC(=O)c1ccccc1NC(=O)Cc1ccc2cc(N)ccc2n1. The van der Waals surface area contributed by atoms with E-state index in [1.165, 1.54) is 7.11 Å². The van der Waals surface area contributed by atoms with Crippen molar-refractivity contribution in [3.8, 4) is 0 Å². The Kier molecular flexibility index (Phi) is 4.61. The number of nitrogens with two attached hydrogens (primary N) is 1. The van der Waals surface area contributed by atoms with Gasteiger partial charge in [0.1, 0.15) is 0 Å². The second-order valence-corrected chi connectivity index (χ2v) is 5.52. The largest absolute Gasteiger partial charge is 0.465 e. The molecule has 0 bridgehead atoms. The molecule has 0 saturated heterocycles. The zero-order chi connectivity index (χ0) is 17.8. The Morgan fingerprint density at radius 2 is 1.92 bits per heavy atom. The minimum Gasteiger partial charge on any atom is -0.465 e. The van der Waals surface area contributed by atoms with Crippen LogP contribution in [-0.2, 0) is 16.0 Å². The fourth-order valence-electron chi connectivity index (χ4n) is 2.52. The number of hydrogen-bond acceptors (Lipinski definition) is 5. The van der Waals surface area contributed by atoms with Gasteiger partial charge < -0.3 is 15.8 Å². The van der Waals surface area contributed by atoms with Crippen LogP contribution in [0.2, 0.25) is 0 Å². The number of anilines is 2. The van der Waals surface area contributed by atoms with Gasteiger partial charge in [-0.15, -0.1) is 0 Å².